The first-order valence-corrected chi connectivity index (χ1v) is 4.40. The average molecular weight is 156 g/mol. The van der Waals surface area contributed by atoms with E-state index in [9.17, 15) is 4.79 Å². The molecular formula is C9H16O2. The number of rotatable bonds is 3. The Labute approximate surface area is 67.9 Å². The van der Waals surface area contributed by atoms with Crippen LogP contribution in [0, 0.1) is 5.92 Å². The minimum Gasteiger partial charge on any atom is -0.378 e. The van der Waals surface area contributed by atoms with Gasteiger partial charge < -0.3 is 9.53 Å². The highest BCUT2D eigenvalue weighted by Gasteiger charge is 2.15. The molecule has 1 saturated heterocycles. The lowest BCUT2D eigenvalue weighted by atomic mass is 9.99. The molecular weight excluding hydrogens is 140 g/mol. The third kappa shape index (κ3) is 3.02. The number of hydrogen-bond acceptors (Lipinski definition) is 2. The Morgan fingerprint density at radius 2 is 2.45 bits per heavy atom. The molecule has 0 aromatic carbocycles. The van der Waals surface area contributed by atoms with Crippen molar-refractivity contribution in [1.82, 2.24) is 0 Å². The molecule has 0 bridgehead atoms. The van der Waals surface area contributed by atoms with Gasteiger partial charge in [0, 0.05) is 12.5 Å². The molecule has 2 atom stereocenters. The summed E-state index contributed by atoms with van der Waals surface area (Å²) in [6.45, 7) is 2.83. The van der Waals surface area contributed by atoms with Gasteiger partial charge >= 0.3 is 0 Å². The predicted molar refractivity (Wildman–Crippen MR) is 43.4 cm³/mol. The summed E-state index contributed by atoms with van der Waals surface area (Å²) < 4.78 is 5.49. The largest absolute Gasteiger partial charge is 0.378 e. The van der Waals surface area contributed by atoms with Gasteiger partial charge in [-0.05, 0) is 25.7 Å². The van der Waals surface area contributed by atoms with Gasteiger partial charge in [0.25, 0.3) is 0 Å². The summed E-state index contributed by atoms with van der Waals surface area (Å²) in [7, 11) is 0. The quantitative estimate of drug-likeness (QED) is 0.582. The zero-order valence-corrected chi connectivity index (χ0v) is 7.08. The van der Waals surface area contributed by atoms with Gasteiger partial charge in [-0.2, -0.15) is 0 Å². The number of carbonyl (C=O) groups excluding carboxylic acids is 1. The Morgan fingerprint density at radius 1 is 1.64 bits per heavy atom. The van der Waals surface area contributed by atoms with E-state index in [0.29, 0.717) is 6.10 Å². The summed E-state index contributed by atoms with van der Waals surface area (Å²) >= 11 is 0. The molecule has 0 aromatic rings. The van der Waals surface area contributed by atoms with Gasteiger partial charge in [0.1, 0.15) is 6.29 Å². The molecule has 64 valence electrons. The maximum atomic E-state index is 10.3. The zero-order valence-electron chi connectivity index (χ0n) is 7.08. The summed E-state index contributed by atoms with van der Waals surface area (Å²) in [6.07, 6.45) is 5.85. The standard InChI is InChI=1S/C9H16O2/c1-8(7-10)6-9-4-2-3-5-11-9/h7-9H,2-6H2,1H3. The Kier molecular flexibility index (Phi) is 3.57. The first-order chi connectivity index (χ1) is 5.33. The lowest BCUT2D eigenvalue weighted by molar-refractivity contribution is -0.112. The van der Waals surface area contributed by atoms with Crippen LogP contribution in [0.1, 0.15) is 32.6 Å². The van der Waals surface area contributed by atoms with Crippen LogP contribution in [0.2, 0.25) is 0 Å². The van der Waals surface area contributed by atoms with Crippen molar-refractivity contribution in [2.75, 3.05) is 6.61 Å². The topological polar surface area (TPSA) is 26.3 Å². The number of hydrogen-bond donors (Lipinski definition) is 0. The SMILES string of the molecule is CC(C=O)CC1CCCCO1. The lowest BCUT2D eigenvalue weighted by Crippen LogP contribution is -2.21. The van der Waals surface area contributed by atoms with Crippen LogP contribution in [-0.4, -0.2) is 19.0 Å². The van der Waals surface area contributed by atoms with Crippen LogP contribution in [0.5, 0.6) is 0 Å². The first kappa shape index (κ1) is 8.72. The molecule has 0 aliphatic carbocycles. The monoisotopic (exact) mass is 156 g/mol. The highest BCUT2D eigenvalue weighted by Crippen LogP contribution is 2.18. The van der Waals surface area contributed by atoms with E-state index in [4.69, 9.17) is 4.74 Å². The fourth-order valence-corrected chi connectivity index (χ4v) is 1.46. The van der Waals surface area contributed by atoms with Crippen molar-refractivity contribution in [1.29, 1.82) is 0 Å². The number of carbonyl (C=O) groups is 1. The normalized spacial score (nSPS) is 27.9. The summed E-state index contributed by atoms with van der Waals surface area (Å²) in [6, 6.07) is 0. The van der Waals surface area contributed by atoms with E-state index in [-0.39, 0.29) is 5.92 Å². The molecule has 1 aliphatic heterocycles. The van der Waals surface area contributed by atoms with E-state index in [2.05, 4.69) is 0 Å². The van der Waals surface area contributed by atoms with Crippen LogP contribution >= 0.6 is 0 Å². The van der Waals surface area contributed by atoms with Crippen molar-refractivity contribution in [2.45, 2.75) is 38.7 Å². The third-order valence-corrected chi connectivity index (χ3v) is 2.14. The van der Waals surface area contributed by atoms with Crippen molar-refractivity contribution in [3.8, 4) is 0 Å². The number of aldehydes is 1. The maximum Gasteiger partial charge on any atom is 0.122 e. The van der Waals surface area contributed by atoms with Crippen LogP contribution in [0.4, 0.5) is 0 Å². The molecule has 0 aromatic heterocycles. The van der Waals surface area contributed by atoms with E-state index < -0.39 is 0 Å². The second kappa shape index (κ2) is 4.50. The van der Waals surface area contributed by atoms with Crippen molar-refractivity contribution in [3.05, 3.63) is 0 Å². The van der Waals surface area contributed by atoms with E-state index in [0.717, 1.165) is 25.7 Å². The van der Waals surface area contributed by atoms with E-state index >= 15 is 0 Å². The molecule has 0 saturated carbocycles. The van der Waals surface area contributed by atoms with Gasteiger partial charge in [0.15, 0.2) is 0 Å². The molecule has 0 spiro atoms. The Bertz CT molecular complexity index is 117. The predicted octanol–water partition coefficient (Wildman–Crippen LogP) is 1.78. The molecule has 1 fully saturated rings. The van der Waals surface area contributed by atoms with Crippen LogP contribution in [0.25, 0.3) is 0 Å². The molecule has 0 amide bonds. The summed E-state index contributed by atoms with van der Waals surface area (Å²) in [5.41, 5.74) is 0. The molecule has 11 heavy (non-hydrogen) atoms. The smallest absolute Gasteiger partial charge is 0.122 e. The Hall–Kier alpha value is -0.370. The molecule has 2 nitrogen and oxygen atoms in total. The van der Waals surface area contributed by atoms with Crippen molar-refractivity contribution in [2.24, 2.45) is 5.92 Å². The van der Waals surface area contributed by atoms with E-state index in [1.165, 1.54) is 12.8 Å². The highest BCUT2D eigenvalue weighted by atomic mass is 16.5. The summed E-state index contributed by atoms with van der Waals surface area (Å²) in [5.74, 6) is 0.165. The van der Waals surface area contributed by atoms with Gasteiger partial charge in [-0.1, -0.05) is 6.92 Å². The third-order valence-electron chi connectivity index (χ3n) is 2.14. The summed E-state index contributed by atoms with van der Waals surface area (Å²) in [4.78, 5) is 10.3. The second-order valence-electron chi connectivity index (χ2n) is 3.34. The van der Waals surface area contributed by atoms with Crippen molar-refractivity contribution in [3.63, 3.8) is 0 Å². The van der Waals surface area contributed by atoms with Crippen molar-refractivity contribution >= 4 is 6.29 Å². The van der Waals surface area contributed by atoms with E-state index in [1.807, 2.05) is 6.92 Å². The first-order valence-electron chi connectivity index (χ1n) is 4.40. The Morgan fingerprint density at radius 3 is 3.00 bits per heavy atom. The van der Waals surface area contributed by atoms with Crippen LogP contribution in [0.3, 0.4) is 0 Å². The zero-order chi connectivity index (χ0) is 8.10. The van der Waals surface area contributed by atoms with Gasteiger partial charge in [0.05, 0.1) is 6.10 Å². The molecule has 1 heterocycles. The molecule has 0 N–H and O–H groups in total. The fourth-order valence-electron chi connectivity index (χ4n) is 1.46. The van der Waals surface area contributed by atoms with Gasteiger partial charge in [-0.25, -0.2) is 0 Å². The van der Waals surface area contributed by atoms with Crippen molar-refractivity contribution < 1.29 is 9.53 Å². The van der Waals surface area contributed by atoms with Crippen LogP contribution < -0.4 is 0 Å². The highest BCUT2D eigenvalue weighted by molar-refractivity contribution is 5.52. The minimum absolute atomic E-state index is 0.165. The average Bonchev–Trinajstić information content (AvgIpc) is 2.06. The molecule has 2 unspecified atom stereocenters. The summed E-state index contributed by atoms with van der Waals surface area (Å²) in [5, 5.41) is 0. The molecule has 1 rings (SSSR count). The maximum absolute atomic E-state index is 10.3. The molecule has 0 radical (unpaired) electrons. The Balaban J connectivity index is 2.18. The number of ether oxygens (including phenoxy) is 1. The molecule has 1 aliphatic rings. The minimum atomic E-state index is 0.165. The molecule has 2 heteroatoms. The lowest BCUT2D eigenvalue weighted by Gasteiger charge is -2.23. The fraction of sp³-hybridized carbons (Fsp3) is 0.889. The van der Waals surface area contributed by atoms with Gasteiger partial charge in [0.2, 0.25) is 0 Å². The van der Waals surface area contributed by atoms with Crippen LogP contribution in [-0.2, 0) is 9.53 Å². The second-order valence-corrected chi connectivity index (χ2v) is 3.34. The van der Waals surface area contributed by atoms with Gasteiger partial charge in [-0.3, -0.25) is 0 Å². The van der Waals surface area contributed by atoms with Gasteiger partial charge in [-0.15, -0.1) is 0 Å². The van der Waals surface area contributed by atoms with Crippen LogP contribution in [0.15, 0.2) is 0 Å². The van der Waals surface area contributed by atoms with E-state index in [1.54, 1.807) is 0 Å².